The Hall–Kier alpha value is -0.380. The van der Waals surface area contributed by atoms with Gasteiger partial charge in [-0.2, -0.15) is 0 Å². The highest BCUT2D eigenvalue weighted by molar-refractivity contribution is 9.10. The molecule has 1 aromatic rings. The van der Waals surface area contributed by atoms with Crippen molar-refractivity contribution >= 4 is 15.9 Å². The molecule has 0 saturated carbocycles. The predicted octanol–water partition coefficient (Wildman–Crippen LogP) is 3.24. The van der Waals surface area contributed by atoms with Crippen LogP contribution in [-0.4, -0.2) is 19.6 Å². The van der Waals surface area contributed by atoms with Gasteiger partial charge in [0.15, 0.2) is 0 Å². The second-order valence-electron chi connectivity index (χ2n) is 5.25. The Kier molecular flexibility index (Phi) is 5.67. The smallest absolute Gasteiger partial charge is 0.0208 e. The molecular weight excluding hydrogens is 288 g/mol. The third-order valence-electron chi connectivity index (χ3n) is 3.75. The van der Waals surface area contributed by atoms with Crippen LogP contribution in [0.4, 0.5) is 0 Å². The molecule has 0 aliphatic carbocycles. The molecular formula is C15H23BrN2. The molecule has 1 aliphatic rings. The number of benzene rings is 1. The molecule has 18 heavy (non-hydrogen) atoms. The summed E-state index contributed by atoms with van der Waals surface area (Å²) in [7, 11) is 0. The highest BCUT2D eigenvalue weighted by atomic mass is 79.9. The monoisotopic (exact) mass is 310 g/mol. The Morgan fingerprint density at radius 1 is 1.44 bits per heavy atom. The van der Waals surface area contributed by atoms with E-state index in [2.05, 4.69) is 51.7 Å². The summed E-state index contributed by atoms with van der Waals surface area (Å²) in [5.41, 5.74) is 2.76. The van der Waals surface area contributed by atoms with E-state index in [4.69, 9.17) is 0 Å². The topological polar surface area (TPSA) is 24.1 Å². The summed E-state index contributed by atoms with van der Waals surface area (Å²) in [6.07, 6.45) is 4.03. The second-order valence-corrected chi connectivity index (χ2v) is 6.16. The molecule has 0 bridgehead atoms. The lowest BCUT2D eigenvalue weighted by Gasteiger charge is -2.22. The minimum Gasteiger partial charge on any atom is -0.316 e. The molecule has 100 valence electrons. The summed E-state index contributed by atoms with van der Waals surface area (Å²) in [5.74, 6) is 0.870. The van der Waals surface area contributed by atoms with Crippen LogP contribution in [0.3, 0.4) is 0 Å². The van der Waals surface area contributed by atoms with E-state index < -0.39 is 0 Å². The van der Waals surface area contributed by atoms with Crippen LogP contribution in [0.15, 0.2) is 22.7 Å². The van der Waals surface area contributed by atoms with Gasteiger partial charge in [-0.05, 0) is 75.0 Å². The lowest BCUT2D eigenvalue weighted by molar-refractivity contribution is 0.352. The Morgan fingerprint density at radius 3 is 3.11 bits per heavy atom. The molecule has 1 aromatic carbocycles. The zero-order valence-corrected chi connectivity index (χ0v) is 12.7. The molecule has 1 heterocycles. The van der Waals surface area contributed by atoms with E-state index in [-0.39, 0.29) is 0 Å². The maximum absolute atomic E-state index is 3.57. The highest BCUT2D eigenvalue weighted by Gasteiger charge is 2.11. The number of hydrogen-bond acceptors (Lipinski definition) is 2. The van der Waals surface area contributed by atoms with Crippen molar-refractivity contribution in [1.29, 1.82) is 0 Å². The lowest BCUT2D eigenvalue weighted by atomic mass is 9.96. The lowest BCUT2D eigenvalue weighted by Crippen LogP contribution is -2.31. The van der Waals surface area contributed by atoms with Crippen molar-refractivity contribution in [1.82, 2.24) is 10.6 Å². The van der Waals surface area contributed by atoms with Crippen LogP contribution >= 0.6 is 15.9 Å². The number of hydrogen-bond donors (Lipinski definition) is 2. The molecule has 1 unspecified atom stereocenters. The van der Waals surface area contributed by atoms with Gasteiger partial charge in [0.05, 0.1) is 0 Å². The Morgan fingerprint density at radius 2 is 2.33 bits per heavy atom. The van der Waals surface area contributed by atoms with Crippen molar-refractivity contribution in [3.8, 4) is 0 Å². The van der Waals surface area contributed by atoms with Crippen LogP contribution in [-0.2, 0) is 6.54 Å². The predicted molar refractivity (Wildman–Crippen MR) is 80.8 cm³/mol. The van der Waals surface area contributed by atoms with Crippen molar-refractivity contribution in [3.63, 3.8) is 0 Å². The molecule has 0 aromatic heterocycles. The molecule has 0 amide bonds. The summed E-state index contributed by atoms with van der Waals surface area (Å²) in [6, 6.07) is 6.49. The molecule has 3 heteroatoms. The molecule has 1 aliphatic heterocycles. The fraction of sp³-hybridized carbons (Fsp3) is 0.600. The first-order chi connectivity index (χ1) is 8.75. The van der Waals surface area contributed by atoms with Crippen LogP contribution in [0.25, 0.3) is 0 Å². The van der Waals surface area contributed by atoms with Crippen LogP contribution < -0.4 is 10.6 Å². The summed E-state index contributed by atoms with van der Waals surface area (Å²) in [6.45, 7) is 6.69. The van der Waals surface area contributed by atoms with Crippen LogP contribution in [0.1, 0.15) is 30.4 Å². The van der Waals surface area contributed by atoms with Crippen LogP contribution in [0.2, 0.25) is 0 Å². The molecule has 1 atom stereocenters. The van der Waals surface area contributed by atoms with Crippen LogP contribution in [0.5, 0.6) is 0 Å². The molecule has 0 spiro atoms. The average Bonchev–Trinajstić information content (AvgIpc) is 2.40. The van der Waals surface area contributed by atoms with E-state index in [1.54, 1.807) is 0 Å². The van der Waals surface area contributed by atoms with E-state index in [9.17, 15) is 0 Å². The van der Waals surface area contributed by atoms with Gasteiger partial charge in [-0.25, -0.2) is 0 Å². The maximum atomic E-state index is 3.57. The van der Waals surface area contributed by atoms with E-state index in [0.29, 0.717) is 0 Å². The number of halogens is 1. The Bertz CT molecular complexity index is 373. The summed E-state index contributed by atoms with van der Waals surface area (Å²) in [5, 5.41) is 7.04. The summed E-state index contributed by atoms with van der Waals surface area (Å²) >= 11 is 3.53. The first-order valence-electron chi connectivity index (χ1n) is 6.92. The van der Waals surface area contributed by atoms with Gasteiger partial charge in [-0.3, -0.25) is 0 Å². The highest BCUT2D eigenvalue weighted by Crippen LogP contribution is 2.16. The number of piperidine rings is 1. The normalized spacial score (nSPS) is 20.0. The van der Waals surface area contributed by atoms with Crippen LogP contribution in [0, 0.1) is 12.8 Å². The van der Waals surface area contributed by atoms with Gasteiger partial charge in [-0.1, -0.05) is 22.0 Å². The molecule has 2 rings (SSSR count). The van der Waals surface area contributed by atoms with Crippen molar-refractivity contribution in [2.75, 3.05) is 19.6 Å². The average molecular weight is 311 g/mol. The van der Waals surface area contributed by atoms with Crippen molar-refractivity contribution in [3.05, 3.63) is 33.8 Å². The van der Waals surface area contributed by atoms with Gasteiger partial charge >= 0.3 is 0 Å². The summed E-state index contributed by atoms with van der Waals surface area (Å²) < 4.78 is 1.17. The third kappa shape index (κ3) is 4.38. The number of rotatable bonds is 5. The van der Waals surface area contributed by atoms with Gasteiger partial charge in [-0.15, -0.1) is 0 Å². The standard InChI is InChI=1S/C15H23BrN2/c1-12-4-5-15(16)9-14(12)11-18-8-6-13-3-2-7-17-10-13/h4-5,9,13,17-18H,2-3,6-8,10-11H2,1H3. The number of aryl methyl sites for hydroxylation is 1. The van der Waals surface area contributed by atoms with E-state index in [1.807, 2.05) is 0 Å². The fourth-order valence-corrected chi connectivity index (χ4v) is 2.94. The van der Waals surface area contributed by atoms with Gasteiger partial charge in [0.1, 0.15) is 0 Å². The first-order valence-corrected chi connectivity index (χ1v) is 7.71. The van der Waals surface area contributed by atoms with Crippen molar-refractivity contribution < 1.29 is 0 Å². The Balaban J connectivity index is 1.69. The van der Waals surface area contributed by atoms with Gasteiger partial charge in [0.2, 0.25) is 0 Å². The van der Waals surface area contributed by atoms with Crippen molar-refractivity contribution in [2.24, 2.45) is 5.92 Å². The zero-order valence-electron chi connectivity index (χ0n) is 11.1. The second kappa shape index (κ2) is 7.27. The molecule has 0 radical (unpaired) electrons. The maximum Gasteiger partial charge on any atom is 0.0208 e. The third-order valence-corrected chi connectivity index (χ3v) is 4.25. The minimum atomic E-state index is 0.870. The molecule has 2 nitrogen and oxygen atoms in total. The van der Waals surface area contributed by atoms with E-state index in [1.165, 1.54) is 48.0 Å². The minimum absolute atomic E-state index is 0.870. The number of nitrogens with one attached hydrogen (secondary N) is 2. The van der Waals surface area contributed by atoms with Gasteiger partial charge in [0.25, 0.3) is 0 Å². The summed E-state index contributed by atoms with van der Waals surface area (Å²) in [4.78, 5) is 0. The zero-order chi connectivity index (χ0) is 12.8. The quantitative estimate of drug-likeness (QED) is 0.816. The van der Waals surface area contributed by atoms with Gasteiger partial charge < -0.3 is 10.6 Å². The first kappa shape index (κ1) is 14.0. The van der Waals surface area contributed by atoms with E-state index >= 15 is 0 Å². The molecule has 1 saturated heterocycles. The van der Waals surface area contributed by atoms with E-state index in [0.717, 1.165) is 19.0 Å². The fourth-order valence-electron chi connectivity index (χ4n) is 2.53. The molecule has 2 N–H and O–H groups in total. The largest absolute Gasteiger partial charge is 0.316 e. The molecule has 1 fully saturated rings. The Labute approximate surface area is 119 Å². The SMILES string of the molecule is Cc1ccc(Br)cc1CNCCC1CCCNC1. The van der Waals surface area contributed by atoms with Gasteiger partial charge in [0, 0.05) is 11.0 Å². The van der Waals surface area contributed by atoms with Crippen molar-refractivity contribution in [2.45, 2.75) is 32.7 Å².